The molecule has 0 radical (unpaired) electrons. The van der Waals surface area contributed by atoms with Crippen molar-refractivity contribution >= 4 is 11.9 Å². The van der Waals surface area contributed by atoms with Gasteiger partial charge in [-0.3, -0.25) is 9.59 Å². The molecule has 0 aromatic carbocycles. The number of hydrogen-bond donors (Lipinski definition) is 1. The molecule has 4 nitrogen and oxygen atoms in total. The molecule has 1 rings (SSSR count). The van der Waals surface area contributed by atoms with E-state index in [0.717, 1.165) is 0 Å². The Morgan fingerprint density at radius 1 is 1.40 bits per heavy atom. The van der Waals surface area contributed by atoms with Crippen molar-refractivity contribution in [3.63, 3.8) is 0 Å². The number of carbonyl (C=O) groups is 2. The van der Waals surface area contributed by atoms with Crippen LogP contribution in [0.1, 0.15) is 33.1 Å². The molecule has 86 valence electrons. The van der Waals surface area contributed by atoms with Crippen molar-refractivity contribution in [2.75, 3.05) is 13.7 Å². The summed E-state index contributed by atoms with van der Waals surface area (Å²) in [6.45, 7) is 3.84. The molecule has 15 heavy (non-hydrogen) atoms. The molecule has 0 aromatic rings. The van der Waals surface area contributed by atoms with E-state index in [1.807, 2.05) is 0 Å². The molecule has 1 fully saturated rings. The average molecular weight is 213 g/mol. The van der Waals surface area contributed by atoms with Crippen LogP contribution in [0.2, 0.25) is 0 Å². The Labute approximate surface area is 90.4 Å². The predicted octanol–water partition coefficient (Wildman–Crippen LogP) is 1.10. The SMILES string of the molecule is COC(=O)C(C)(C)C(=O)NCC1CCC1. The van der Waals surface area contributed by atoms with Crippen molar-refractivity contribution in [1.29, 1.82) is 0 Å². The number of hydrogen-bond acceptors (Lipinski definition) is 3. The summed E-state index contributed by atoms with van der Waals surface area (Å²) in [5.74, 6) is -0.141. The molecule has 4 heteroatoms. The minimum Gasteiger partial charge on any atom is -0.468 e. The van der Waals surface area contributed by atoms with Crippen molar-refractivity contribution < 1.29 is 14.3 Å². The molecule has 0 unspecified atom stereocenters. The zero-order chi connectivity index (χ0) is 11.5. The predicted molar refractivity (Wildman–Crippen MR) is 56.1 cm³/mol. The molecule has 0 saturated heterocycles. The molecule has 0 bridgehead atoms. The van der Waals surface area contributed by atoms with Crippen molar-refractivity contribution in [1.82, 2.24) is 5.32 Å². The average Bonchev–Trinajstić information content (AvgIpc) is 2.13. The zero-order valence-electron chi connectivity index (χ0n) is 9.63. The number of rotatable bonds is 4. The first-order valence-electron chi connectivity index (χ1n) is 5.35. The highest BCUT2D eigenvalue weighted by Gasteiger charge is 2.37. The van der Waals surface area contributed by atoms with Gasteiger partial charge in [0.1, 0.15) is 5.41 Å². The van der Waals surface area contributed by atoms with Gasteiger partial charge in [0, 0.05) is 6.54 Å². The van der Waals surface area contributed by atoms with Crippen LogP contribution in [0.25, 0.3) is 0 Å². The fourth-order valence-corrected chi connectivity index (χ4v) is 1.50. The van der Waals surface area contributed by atoms with Crippen LogP contribution in [0.3, 0.4) is 0 Å². The van der Waals surface area contributed by atoms with E-state index in [4.69, 9.17) is 0 Å². The van der Waals surface area contributed by atoms with Gasteiger partial charge in [0.25, 0.3) is 0 Å². The molecule has 0 heterocycles. The third-order valence-corrected chi connectivity index (χ3v) is 3.04. The Kier molecular flexibility index (Phi) is 3.72. The summed E-state index contributed by atoms with van der Waals surface area (Å²) in [4.78, 5) is 23.0. The number of esters is 1. The van der Waals surface area contributed by atoms with Gasteiger partial charge in [-0.15, -0.1) is 0 Å². The quantitative estimate of drug-likeness (QED) is 0.562. The molecular weight excluding hydrogens is 194 g/mol. The second kappa shape index (κ2) is 4.64. The van der Waals surface area contributed by atoms with Crippen LogP contribution in [0, 0.1) is 11.3 Å². The molecule has 1 N–H and O–H groups in total. The van der Waals surface area contributed by atoms with Crippen LogP contribution < -0.4 is 5.32 Å². The topological polar surface area (TPSA) is 55.4 Å². The van der Waals surface area contributed by atoms with Gasteiger partial charge in [-0.05, 0) is 32.6 Å². The highest BCUT2D eigenvalue weighted by Crippen LogP contribution is 2.25. The van der Waals surface area contributed by atoms with Crippen LogP contribution in [-0.2, 0) is 14.3 Å². The fraction of sp³-hybridized carbons (Fsp3) is 0.818. The Morgan fingerprint density at radius 3 is 2.40 bits per heavy atom. The number of nitrogens with one attached hydrogen (secondary N) is 1. The normalized spacial score (nSPS) is 16.7. The second-order valence-corrected chi connectivity index (χ2v) is 4.62. The summed E-state index contributed by atoms with van der Waals surface area (Å²) in [6.07, 6.45) is 3.61. The van der Waals surface area contributed by atoms with Crippen LogP contribution in [0.4, 0.5) is 0 Å². The lowest BCUT2D eigenvalue weighted by molar-refractivity contribution is -0.156. The van der Waals surface area contributed by atoms with E-state index in [-0.39, 0.29) is 5.91 Å². The highest BCUT2D eigenvalue weighted by molar-refractivity contribution is 6.01. The first-order valence-corrected chi connectivity index (χ1v) is 5.35. The summed E-state index contributed by atoms with van der Waals surface area (Å²) in [5, 5.41) is 2.80. The van der Waals surface area contributed by atoms with Crippen LogP contribution in [-0.4, -0.2) is 25.5 Å². The van der Waals surface area contributed by atoms with E-state index in [9.17, 15) is 9.59 Å². The lowest BCUT2D eigenvalue weighted by atomic mass is 9.85. The largest absolute Gasteiger partial charge is 0.468 e. The first kappa shape index (κ1) is 12.0. The smallest absolute Gasteiger partial charge is 0.320 e. The Balaban J connectivity index is 2.40. The third kappa shape index (κ3) is 2.70. The molecule has 0 aliphatic heterocycles. The van der Waals surface area contributed by atoms with Gasteiger partial charge < -0.3 is 10.1 Å². The molecule has 1 saturated carbocycles. The lowest BCUT2D eigenvalue weighted by Crippen LogP contribution is -2.45. The Morgan fingerprint density at radius 2 is 2.00 bits per heavy atom. The Bertz CT molecular complexity index is 257. The molecular formula is C11H19NO3. The van der Waals surface area contributed by atoms with E-state index in [1.165, 1.54) is 26.4 Å². The molecule has 0 atom stereocenters. The van der Waals surface area contributed by atoms with Gasteiger partial charge in [0.2, 0.25) is 5.91 Å². The summed E-state index contributed by atoms with van der Waals surface area (Å²) >= 11 is 0. The minimum absolute atomic E-state index is 0.249. The lowest BCUT2D eigenvalue weighted by Gasteiger charge is -2.27. The van der Waals surface area contributed by atoms with Gasteiger partial charge in [-0.2, -0.15) is 0 Å². The Hall–Kier alpha value is -1.06. The maximum atomic E-state index is 11.7. The number of carbonyl (C=O) groups excluding carboxylic acids is 2. The van der Waals surface area contributed by atoms with E-state index in [1.54, 1.807) is 13.8 Å². The van der Waals surface area contributed by atoms with Crippen molar-refractivity contribution in [2.45, 2.75) is 33.1 Å². The minimum atomic E-state index is -1.08. The van der Waals surface area contributed by atoms with Crippen molar-refractivity contribution in [3.05, 3.63) is 0 Å². The fourth-order valence-electron chi connectivity index (χ4n) is 1.50. The van der Waals surface area contributed by atoms with Crippen molar-refractivity contribution in [3.8, 4) is 0 Å². The maximum absolute atomic E-state index is 11.7. The summed E-state index contributed by atoms with van der Waals surface area (Å²) in [5.41, 5.74) is -1.08. The molecule has 1 aliphatic carbocycles. The van der Waals surface area contributed by atoms with Crippen LogP contribution in [0.15, 0.2) is 0 Å². The van der Waals surface area contributed by atoms with E-state index >= 15 is 0 Å². The maximum Gasteiger partial charge on any atom is 0.320 e. The highest BCUT2D eigenvalue weighted by atomic mass is 16.5. The standard InChI is InChI=1S/C11H19NO3/c1-11(2,10(14)15-3)9(13)12-7-8-5-4-6-8/h8H,4-7H2,1-3H3,(H,12,13). The van der Waals surface area contributed by atoms with Gasteiger partial charge in [0.05, 0.1) is 7.11 Å². The number of methoxy groups -OCH3 is 1. The zero-order valence-corrected chi connectivity index (χ0v) is 9.63. The second-order valence-electron chi connectivity index (χ2n) is 4.62. The van der Waals surface area contributed by atoms with Gasteiger partial charge in [-0.1, -0.05) is 6.42 Å². The molecule has 1 amide bonds. The van der Waals surface area contributed by atoms with Gasteiger partial charge in [0.15, 0.2) is 0 Å². The van der Waals surface area contributed by atoms with E-state index in [0.29, 0.717) is 12.5 Å². The van der Waals surface area contributed by atoms with Gasteiger partial charge in [-0.25, -0.2) is 0 Å². The third-order valence-electron chi connectivity index (χ3n) is 3.04. The monoisotopic (exact) mass is 213 g/mol. The summed E-state index contributed by atoms with van der Waals surface area (Å²) in [7, 11) is 1.29. The van der Waals surface area contributed by atoms with E-state index in [2.05, 4.69) is 10.1 Å². The number of ether oxygens (including phenoxy) is 1. The summed E-state index contributed by atoms with van der Waals surface area (Å²) in [6, 6.07) is 0. The molecule has 1 aliphatic rings. The molecule has 0 spiro atoms. The van der Waals surface area contributed by atoms with Gasteiger partial charge >= 0.3 is 5.97 Å². The number of amides is 1. The first-order chi connectivity index (χ1) is 6.98. The van der Waals surface area contributed by atoms with Crippen LogP contribution in [0.5, 0.6) is 0 Å². The molecule has 0 aromatic heterocycles. The van der Waals surface area contributed by atoms with Crippen LogP contribution >= 0.6 is 0 Å². The van der Waals surface area contributed by atoms with Crippen molar-refractivity contribution in [2.24, 2.45) is 11.3 Å². The summed E-state index contributed by atoms with van der Waals surface area (Å²) < 4.78 is 4.58. The van der Waals surface area contributed by atoms with E-state index < -0.39 is 11.4 Å².